The smallest absolute Gasteiger partial charge is 0.276 e. The lowest BCUT2D eigenvalue weighted by atomic mass is 10.2. The fourth-order valence-electron chi connectivity index (χ4n) is 3.11. The molecule has 0 radical (unpaired) electrons. The van der Waals surface area contributed by atoms with Gasteiger partial charge >= 0.3 is 0 Å². The molecule has 2 heterocycles. The van der Waals surface area contributed by atoms with Crippen molar-refractivity contribution in [1.82, 2.24) is 19.9 Å². The van der Waals surface area contributed by atoms with Gasteiger partial charge in [-0.1, -0.05) is 53.7 Å². The van der Waals surface area contributed by atoms with Crippen molar-refractivity contribution < 1.29 is 9.53 Å². The number of nitrogens with zero attached hydrogens (tertiary/aromatic N) is 4. The van der Waals surface area contributed by atoms with Crippen LogP contribution < -0.4 is 4.74 Å². The van der Waals surface area contributed by atoms with Crippen molar-refractivity contribution >= 4 is 5.91 Å². The van der Waals surface area contributed by atoms with Crippen molar-refractivity contribution in [2.75, 3.05) is 13.1 Å². The molecule has 132 valence electrons. The first-order chi connectivity index (χ1) is 12.8. The summed E-state index contributed by atoms with van der Waals surface area (Å²) < 4.78 is 7.63. The van der Waals surface area contributed by atoms with Crippen molar-refractivity contribution in [1.29, 1.82) is 0 Å². The van der Waals surface area contributed by atoms with Crippen LogP contribution in [0.3, 0.4) is 0 Å². The first kappa shape index (κ1) is 16.3. The second kappa shape index (κ2) is 7.39. The Balaban J connectivity index is 1.36. The summed E-state index contributed by atoms with van der Waals surface area (Å²) in [4.78, 5) is 14.4. The van der Waals surface area contributed by atoms with E-state index in [2.05, 4.69) is 10.3 Å². The lowest BCUT2D eigenvalue weighted by molar-refractivity contribution is 0.0766. The molecule has 1 atom stereocenters. The Kier molecular flexibility index (Phi) is 4.64. The van der Waals surface area contributed by atoms with E-state index >= 15 is 0 Å². The SMILES string of the molecule is O=C(c1cn(Cc2ccccc2)nn1)N1CC[C@@H](Oc2ccccc2)C1. The third kappa shape index (κ3) is 3.74. The van der Waals surface area contributed by atoms with E-state index < -0.39 is 0 Å². The molecule has 0 aliphatic carbocycles. The summed E-state index contributed by atoms with van der Waals surface area (Å²) in [6.45, 7) is 1.84. The summed E-state index contributed by atoms with van der Waals surface area (Å²) in [6, 6.07) is 19.7. The van der Waals surface area contributed by atoms with Gasteiger partial charge in [0.1, 0.15) is 11.9 Å². The summed E-state index contributed by atoms with van der Waals surface area (Å²) in [5, 5.41) is 8.13. The van der Waals surface area contributed by atoms with Gasteiger partial charge in [0.15, 0.2) is 5.69 Å². The molecule has 0 unspecified atom stereocenters. The first-order valence-electron chi connectivity index (χ1n) is 8.73. The molecule has 6 heteroatoms. The Morgan fingerprint density at radius 1 is 1.08 bits per heavy atom. The maximum absolute atomic E-state index is 12.7. The molecule has 2 aromatic carbocycles. The maximum atomic E-state index is 12.7. The molecule has 4 rings (SSSR count). The zero-order valence-corrected chi connectivity index (χ0v) is 14.4. The molecule has 1 saturated heterocycles. The van der Waals surface area contributed by atoms with E-state index in [-0.39, 0.29) is 12.0 Å². The maximum Gasteiger partial charge on any atom is 0.276 e. The highest BCUT2D eigenvalue weighted by Gasteiger charge is 2.29. The molecular formula is C20H20N4O2. The van der Waals surface area contributed by atoms with Gasteiger partial charge in [-0.2, -0.15) is 0 Å². The quantitative estimate of drug-likeness (QED) is 0.711. The van der Waals surface area contributed by atoms with Gasteiger partial charge in [0.25, 0.3) is 5.91 Å². The van der Waals surface area contributed by atoms with Crippen LogP contribution in [0.2, 0.25) is 0 Å². The minimum Gasteiger partial charge on any atom is -0.489 e. The third-order valence-corrected chi connectivity index (χ3v) is 4.42. The molecule has 6 nitrogen and oxygen atoms in total. The molecule has 1 fully saturated rings. The van der Waals surface area contributed by atoms with Crippen LogP contribution in [0.15, 0.2) is 66.9 Å². The highest BCUT2D eigenvalue weighted by atomic mass is 16.5. The van der Waals surface area contributed by atoms with Gasteiger partial charge in [-0.05, 0) is 17.7 Å². The van der Waals surface area contributed by atoms with E-state index in [4.69, 9.17) is 4.74 Å². The fourth-order valence-corrected chi connectivity index (χ4v) is 3.11. The number of hydrogen-bond donors (Lipinski definition) is 0. The second-order valence-electron chi connectivity index (χ2n) is 6.38. The number of amides is 1. The van der Waals surface area contributed by atoms with Gasteiger partial charge in [-0.25, -0.2) is 4.68 Å². The van der Waals surface area contributed by atoms with Crippen LogP contribution in [0.4, 0.5) is 0 Å². The molecule has 1 aromatic heterocycles. The van der Waals surface area contributed by atoms with Gasteiger partial charge in [0.05, 0.1) is 19.3 Å². The van der Waals surface area contributed by atoms with E-state index in [9.17, 15) is 4.79 Å². The molecule has 1 aliphatic heterocycles. The van der Waals surface area contributed by atoms with Gasteiger partial charge in [-0.15, -0.1) is 5.10 Å². The summed E-state index contributed by atoms with van der Waals surface area (Å²) >= 11 is 0. The Morgan fingerprint density at radius 3 is 2.58 bits per heavy atom. The second-order valence-corrected chi connectivity index (χ2v) is 6.38. The Bertz CT molecular complexity index is 864. The average molecular weight is 348 g/mol. The third-order valence-electron chi connectivity index (χ3n) is 4.42. The Hall–Kier alpha value is -3.15. The molecule has 1 amide bonds. The number of carbonyl (C=O) groups is 1. The molecule has 0 bridgehead atoms. The van der Waals surface area contributed by atoms with Crippen molar-refractivity contribution in [2.45, 2.75) is 19.1 Å². The monoisotopic (exact) mass is 348 g/mol. The zero-order chi connectivity index (χ0) is 17.8. The molecular weight excluding hydrogens is 328 g/mol. The Morgan fingerprint density at radius 2 is 1.81 bits per heavy atom. The normalized spacial score (nSPS) is 16.6. The lowest BCUT2D eigenvalue weighted by Crippen LogP contribution is -2.31. The molecule has 0 N–H and O–H groups in total. The molecule has 0 spiro atoms. The van der Waals surface area contributed by atoms with Crippen LogP contribution in [0, 0.1) is 0 Å². The molecule has 0 saturated carbocycles. The van der Waals surface area contributed by atoms with Crippen LogP contribution >= 0.6 is 0 Å². The predicted octanol–water partition coefficient (Wildman–Crippen LogP) is 2.62. The topological polar surface area (TPSA) is 60.2 Å². The number of carbonyl (C=O) groups excluding carboxylic acids is 1. The number of rotatable bonds is 5. The molecule has 1 aliphatic rings. The van der Waals surface area contributed by atoms with Crippen LogP contribution in [0.1, 0.15) is 22.5 Å². The fraction of sp³-hybridized carbons (Fsp3) is 0.250. The number of para-hydroxylation sites is 1. The minimum atomic E-state index is -0.0940. The minimum absolute atomic E-state index is 0.0145. The van der Waals surface area contributed by atoms with E-state index in [1.54, 1.807) is 15.8 Å². The molecule has 3 aromatic rings. The summed E-state index contributed by atoms with van der Waals surface area (Å²) in [5.74, 6) is 0.740. The number of benzene rings is 2. The Labute approximate surface area is 152 Å². The molecule has 26 heavy (non-hydrogen) atoms. The van der Waals surface area contributed by atoms with E-state index in [0.717, 1.165) is 17.7 Å². The van der Waals surface area contributed by atoms with Crippen molar-refractivity contribution in [3.05, 3.63) is 78.1 Å². The summed E-state index contributed by atoms with van der Waals surface area (Å²) in [7, 11) is 0. The number of aromatic nitrogens is 3. The van der Waals surface area contributed by atoms with Crippen LogP contribution in [0.25, 0.3) is 0 Å². The van der Waals surface area contributed by atoms with Crippen LogP contribution in [0.5, 0.6) is 5.75 Å². The van der Waals surface area contributed by atoms with E-state index in [1.165, 1.54) is 0 Å². The number of ether oxygens (including phenoxy) is 1. The number of hydrogen-bond acceptors (Lipinski definition) is 4. The van der Waals surface area contributed by atoms with E-state index in [1.807, 2.05) is 60.7 Å². The summed E-state index contributed by atoms with van der Waals surface area (Å²) in [5.41, 5.74) is 1.50. The van der Waals surface area contributed by atoms with Crippen LogP contribution in [-0.4, -0.2) is 45.0 Å². The highest BCUT2D eigenvalue weighted by molar-refractivity contribution is 5.92. The van der Waals surface area contributed by atoms with Crippen LogP contribution in [-0.2, 0) is 6.54 Å². The standard InChI is InChI=1S/C20H20N4O2/c25-20(19-15-24(22-21-19)13-16-7-3-1-4-8-16)23-12-11-18(14-23)26-17-9-5-2-6-10-17/h1-10,15,18H,11-14H2/t18-/m1/s1. The van der Waals surface area contributed by atoms with Gasteiger partial charge in [0, 0.05) is 13.0 Å². The highest BCUT2D eigenvalue weighted by Crippen LogP contribution is 2.19. The first-order valence-corrected chi connectivity index (χ1v) is 8.73. The van der Waals surface area contributed by atoms with Gasteiger partial charge in [-0.3, -0.25) is 4.79 Å². The van der Waals surface area contributed by atoms with Crippen molar-refractivity contribution in [3.63, 3.8) is 0 Å². The largest absolute Gasteiger partial charge is 0.489 e. The van der Waals surface area contributed by atoms with Crippen molar-refractivity contribution in [2.24, 2.45) is 0 Å². The average Bonchev–Trinajstić information content (AvgIpc) is 3.33. The van der Waals surface area contributed by atoms with Gasteiger partial charge < -0.3 is 9.64 Å². The summed E-state index contributed by atoms with van der Waals surface area (Å²) in [6.07, 6.45) is 2.54. The van der Waals surface area contributed by atoms with Crippen molar-refractivity contribution in [3.8, 4) is 5.75 Å². The number of likely N-dealkylation sites (tertiary alicyclic amines) is 1. The van der Waals surface area contributed by atoms with Gasteiger partial charge in [0.2, 0.25) is 0 Å². The zero-order valence-electron chi connectivity index (χ0n) is 14.4. The predicted molar refractivity (Wildman–Crippen MR) is 96.9 cm³/mol. The van der Waals surface area contributed by atoms with E-state index in [0.29, 0.717) is 25.3 Å². The lowest BCUT2D eigenvalue weighted by Gasteiger charge is -2.16.